The van der Waals surface area contributed by atoms with Gasteiger partial charge in [-0.15, -0.1) is 11.3 Å². The number of nitrogens with one attached hydrogen (secondary N) is 1. The van der Waals surface area contributed by atoms with Gasteiger partial charge in [-0.2, -0.15) is 5.10 Å². The van der Waals surface area contributed by atoms with Gasteiger partial charge in [0.15, 0.2) is 0 Å². The molecular weight excluding hydrogens is 362 g/mol. The Morgan fingerprint density at radius 1 is 1.22 bits per heavy atom. The predicted octanol–water partition coefficient (Wildman–Crippen LogP) is 4.37. The minimum Gasteiger partial charge on any atom is -0.462 e. The summed E-state index contributed by atoms with van der Waals surface area (Å²) in [5.41, 5.74) is 3.24. The molecule has 1 N–H and O–H groups in total. The molecule has 0 bridgehead atoms. The number of ether oxygens (including phenoxy) is 1. The molecule has 1 aromatic carbocycles. The van der Waals surface area contributed by atoms with Crippen LogP contribution in [0.2, 0.25) is 0 Å². The van der Waals surface area contributed by atoms with E-state index in [1.54, 1.807) is 17.7 Å². The lowest BCUT2D eigenvalue weighted by atomic mass is 10.0. The first-order valence-corrected chi connectivity index (χ1v) is 9.62. The van der Waals surface area contributed by atoms with Crippen LogP contribution in [-0.2, 0) is 11.3 Å². The van der Waals surface area contributed by atoms with E-state index in [1.165, 1.54) is 11.3 Å². The average Bonchev–Trinajstić information content (AvgIpc) is 3.26. The van der Waals surface area contributed by atoms with Crippen molar-refractivity contribution in [3.8, 4) is 11.1 Å². The van der Waals surface area contributed by atoms with Gasteiger partial charge in [-0.05, 0) is 32.4 Å². The smallest absolute Gasteiger partial charge is 0.341 e. The van der Waals surface area contributed by atoms with Crippen LogP contribution in [0.3, 0.4) is 0 Å². The number of hydrogen-bond acceptors (Lipinski definition) is 5. The predicted molar refractivity (Wildman–Crippen MR) is 106 cm³/mol. The molecule has 140 valence electrons. The van der Waals surface area contributed by atoms with E-state index in [0.29, 0.717) is 22.8 Å². The van der Waals surface area contributed by atoms with Gasteiger partial charge in [0.25, 0.3) is 5.91 Å². The van der Waals surface area contributed by atoms with Crippen molar-refractivity contribution in [3.63, 3.8) is 0 Å². The van der Waals surface area contributed by atoms with Gasteiger partial charge in [0.1, 0.15) is 16.3 Å². The van der Waals surface area contributed by atoms with Crippen molar-refractivity contribution in [2.24, 2.45) is 0 Å². The fourth-order valence-electron chi connectivity index (χ4n) is 2.82. The summed E-state index contributed by atoms with van der Waals surface area (Å²) in [6.45, 7) is 6.37. The number of thiophene rings is 1. The zero-order valence-electron chi connectivity index (χ0n) is 15.5. The number of nitrogens with zero attached hydrogens (tertiary/aromatic N) is 2. The van der Waals surface area contributed by atoms with Crippen LogP contribution in [0.4, 0.5) is 5.00 Å². The first-order chi connectivity index (χ1) is 13.0. The van der Waals surface area contributed by atoms with Gasteiger partial charge in [-0.25, -0.2) is 4.79 Å². The highest BCUT2D eigenvalue weighted by molar-refractivity contribution is 7.15. The average molecular weight is 383 g/mol. The Balaban J connectivity index is 1.99. The summed E-state index contributed by atoms with van der Waals surface area (Å²) in [6.07, 6.45) is 0. The molecule has 0 aliphatic carbocycles. The molecule has 0 saturated carbocycles. The lowest BCUT2D eigenvalue weighted by Crippen LogP contribution is -2.18. The maximum atomic E-state index is 12.8. The summed E-state index contributed by atoms with van der Waals surface area (Å²) < 4.78 is 6.86. The van der Waals surface area contributed by atoms with Crippen molar-refractivity contribution >= 4 is 28.2 Å². The summed E-state index contributed by atoms with van der Waals surface area (Å²) >= 11 is 1.31. The Kier molecular flexibility index (Phi) is 5.71. The Morgan fingerprint density at radius 2 is 1.96 bits per heavy atom. The number of esters is 1. The van der Waals surface area contributed by atoms with Crippen LogP contribution >= 0.6 is 11.3 Å². The fourth-order valence-corrected chi connectivity index (χ4v) is 3.77. The standard InChI is InChI=1S/C20H21N3O3S/c1-4-23-16(11-13(3)22-23)18(24)21-19-17(20(25)26-5-2)15(12-27-19)14-9-7-6-8-10-14/h6-12H,4-5H2,1-3H3,(H,21,24). The van der Waals surface area contributed by atoms with Crippen molar-refractivity contribution < 1.29 is 14.3 Å². The molecule has 3 aromatic rings. The second kappa shape index (κ2) is 8.18. The minimum absolute atomic E-state index is 0.262. The van der Waals surface area contributed by atoms with Crippen LogP contribution in [0.1, 0.15) is 40.4 Å². The van der Waals surface area contributed by atoms with Gasteiger partial charge >= 0.3 is 5.97 Å². The Hall–Kier alpha value is -2.93. The monoisotopic (exact) mass is 383 g/mol. The molecular formula is C20H21N3O3S. The number of amides is 1. The summed E-state index contributed by atoms with van der Waals surface area (Å²) in [5, 5.41) is 9.49. The van der Waals surface area contributed by atoms with Gasteiger partial charge in [-0.1, -0.05) is 30.3 Å². The first-order valence-electron chi connectivity index (χ1n) is 8.75. The number of benzene rings is 1. The van der Waals surface area contributed by atoms with E-state index in [4.69, 9.17) is 4.74 Å². The van der Waals surface area contributed by atoms with Crippen LogP contribution in [0.15, 0.2) is 41.8 Å². The highest BCUT2D eigenvalue weighted by Crippen LogP contribution is 2.36. The summed E-state index contributed by atoms with van der Waals surface area (Å²) in [6, 6.07) is 11.3. The van der Waals surface area contributed by atoms with Crippen LogP contribution in [-0.4, -0.2) is 28.3 Å². The van der Waals surface area contributed by atoms with Crippen molar-refractivity contribution in [1.29, 1.82) is 0 Å². The van der Waals surface area contributed by atoms with Gasteiger partial charge in [0.05, 0.1) is 12.3 Å². The first kappa shape index (κ1) is 18.8. The highest BCUT2D eigenvalue weighted by atomic mass is 32.1. The van der Waals surface area contributed by atoms with E-state index in [2.05, 4.69) is 10.4 Å². The number of carbonyl (C=O) groups is 2. The fraction of sp³-hybridized carbons (Fsp3) is 0.250. The van der Waals surface area contributed by atoms with E-state index < -0.39 is 5.97 Å². The Labute approximate surface area is 161 Å². The third kappa shape index (κ3) is 3.93. The molecule has 0 aliphatic rings. The number of anilines is 1. The molecule has 0 saturated heterocycles. The number of aryl methyl sites for hydroxylation is 2. The minimum atomic E-state index is -0.451. The quantitative estimate of drug-likeness (QED) is 0.642. The summed E-state index contributed by atoms with van der Waals surface area (Å²) in [5.74, 6) is -0.752. The number of carbonyl (C=O) groups excluding carboxylic acids is 2. The SMILES string of the molecule is CCOC(=O)c1c(-c2ccccc2)csc1NC(=O)c1cc(C)nn1CC. The van der Waals surface area contributed by atoms with E-state index in [1.807, 2.05) is 49.6 Å². The van der Waals surface area contributed by atoms with E-state index in [0.717, 1.165) is 16.8 Å². The molecule has 7 heteroatoms. The zero-order chi connectivity index (χ0) is 19.4. The molecule has 0 spiro atoms. The molecule has 2 heterocycles. The molecule has 6 nitrogen and oxygen atoms in total. The van der Waals surface area contributed by atoms with Crippen molar-refractivity contribution in [1.82, 2.24) is 9.78 Å². The second-order valence-corrected chi connectivity index (χ2v) is 6.76. The van der Waals surface area contributed by atoms with Gasteiger partial charge < -0.3 is 10.1 Å². The second-order valence-electron chi connectivity index (χ2n) is 5.88. The molecule has 0 aliphatic heterocycles. The maximum absolute atomic E-state index is 12.8. The zero-order valence-corrected chi connectivity index (χ0v) is 16.3. The summed E-state index contributed by atoms with van der Waals surface area (Å²) in [4.78, 5) is 25.3. The topological polar surface area (TPSA) is 73.2 Å². The molecule has 2 aromatic heterocycles. The van der Waals surface area contributed by atoms with Crippen molar-refractivity contribution in [3.05, 3.63) is 58.7 Å². The van der Waals surface area contributed by atoms with E-state index >= 15 is 0 Å². The van der Waals surface area contributed by atoms with Crippen LogP contribution in [0.5, 0.6) is 0 Å². The number of aromatic nitrogens is 2. The molecule has 27 heavy (non-hydrogen) atoms. The molecule has 0 radical (unpaired) electrons. The van der Waals surface area contributed by atoms with Crippen LogP contribution < -0.4 is 5.32 Å². The van der Waals surface area contributed by atoms with Crippen LogP contribution in [0, 0.1) is 6.92 Å². The molecule has 0 unspecified atom stereocenters. The Bertz CT molecular complexity index is 960. The third-order valence-electron chi connectivity index (χ3n) is 4.02. The lowest BCUT2D eigenvalue weighted by molar-refractivity contribution is 0.0529. The van der Waals surface area contributed by atoms with E-state index in [-0.39, 0.29) is 12.5 Å². The normalized spacial score (nSPS) is 10.6. The maximum Gasteiger partial charge on any atom is 0.341 e. The highest BCUT2D eigenvalue weighted by Gasteiger charge is 2.24. The van der Waals surface area contributed by atoms with Crippen LogP contribution in [0.25, 0.3) is 11.1 Å². The summed E-state index contributed by atoms with van der Waals surface area (Å²) in [7, 11) is 0. The van der Waals surface area contributed by atoms with Crippen molar-refractivity contribution in [2.45, 2.75) is 27.3 Å². The molecule has 1 amide bonds. The molecule has 3 rings (SSSR count). The largest absolute Gasteiger partial charge is 0.462 e. The van der Waals surface area contributed by atoms with Crippen molar-refractivity contribution in [2.75, 3.05) is 11.9 Å². The Morgan fingerprint density at radius 3 is 2.63 bits per heavy atom. The third-order valence-corrected chi connectivity index (χ3v) is 4.91. The van der Waals surface area contributed by atoms with Gasteiger partial charge in [0.2, 0.25) is 0 Å². The van der Waals surface area contributed by atoms with Gasteiger partial charge in [0, 0.05) is 17.5 Å². The number of rotatable bonds is 6. The van der Waals surface area contributed by atoms with E-state index in [9.17, 15) is 9.59 Å². The molecule has 0 atom stereocenters. The molecule has 0 fully saturated rings. The number of hydrogen-bond donors (Lipinski definition) is 1. The lowest BCUT2D eigenvalue weighted by Gasteiger charge is -2.09. The van der Waals surface area contributed by atoms with Gasteiger partial charge in [-0.3, -0.25) is 9.48 Å².